The number of rotatable bonds is 5. The standard InChI is InChI=1S/C22H26F2O9S/c1-21(10-3-8-2-9(5-10)6-11(21)4-8)33-19(26)15-13-7-12-14(15)18(25)31-16(12)17(13)32-20(27)22(23,24)34(28,29)30/h8-17H,2-7H2,1H3,(H,28,29,30)/t8?,9?,10?,11?,12?,13?,14?,15?,16-,17?,21?/m1/s1. The molecule has 12 heteroatoms. The minimum atomic E-state index is -6.06. The van der Waals surface area contributed by atoms with Crippen LogP contribution < -0.4 is 0 Å². The van der Waals surface area contributed by atoms with Crippen molar-refractivity contribution in [1.82, 2.24) is 0 Å². The summed E-state index contributed by atoms with van der Waals surface area (Å²) in [6.07, 6.45) is 2.96. The fraction of sp³-hybridized carbons (Fsp3) is 0.864. The summed E-state index contributed by atoms with van der Waals surface area (Å²) in [4.78, 5) is 38.0. The van der Waals surface area contributed by atoms with Crippen LogP contribution in [0, 0.1) is 47.3 Å². The molecule has 6 bridgehead atoms. The molecule has 7 rings (SSSR count). The van der Waals surface area contributed by atoms with Crippen molar-refractivity contribution in [2.75, 3.05) is 0 Å². The van der Waals surface area contributed by atoms with Gasteiger partial charge in [0.05, 0.1) is 11.8 Å². The maximum absolute atomic E-state index is 13.8. The van der Waals surface area contributed by atoms with Crippen LogP contribution in [-0.2, 0) is 38.7 Å². The van der Waals surface area contributed by atoms with E-state index in [4.69, 9.17) is 18.8 Å². The molecule has 6 saturated carbocycles. The van der Waals surface area contributed by atoms with E-state index in [-0.39, 0.29) is 18.3 Å². The number of carbonyl (C=O) groups is 3. The second kappa shape index (κ2) is 6.89. The first-order valence-electron chi connectivity index (χ1n) is 11.8. The summed E-state index contributed by atoms with van der Waals surface area (Å²) in [6.45, 7) is 1.95. The lowest BCUT2D eigenvalue weighted by molar-refractivity contribution is -0.211. The van der Waals surface area contributed by atoms with E-state index in [1.165, 1.54) is 6.42 Å². The van der Waals surface area contributed by atoms with Crippen molar-refractivity contribution in [1.29, 1.82) is 0 Å². The molecule has 5 unspecified atom stereocenters. The summed E-state index contributed by atoms with van der Waals surface area (Å²) >= 11 is 0. The third kappa shape index (κ3) is 2.90. The minimum absolute atomic E-state index is 0.226. The Bertz CT molecular complexity index is 1040. The monoisotopic (exact) mass is 504 g/mol. The fourth-order valence-electron chi connectivity index (χ4n) is 8.34. The van der Waals surface area contributed by atoms with Crippen LogP contribution in [0.4, 0.5) is 8.78 Å². The number of esters is 3. The SMILES string of the molecule is CC1(OC(=O)C2C3CC4C2C(=O)O[C@H]4C3OC(=O)C(F)(F)S(=O)(=O)O)C2CC3CC(C2)CC1C3. The highest BCUT2D eigenvalue weighted by molar-refractivity contribution is 7.87. The molecule has 0 aromatic rings. The predicted octanol–water partition coefficient (Wildman–Crippen LogP) is 1.94. The van der Waals surface area contributed by atoms with Crippen LogP contribution in [0.2, 0.25) is 0 Å². The fourth-order valence-corrected chi connectivity index (χ4v) is 8.60. The molecule has 1 heterocycles. The molecule has 1 aliphatic heterocycles. The van der Waals surface area contributed by atoms with Gasteiger partial charge in [0.2, 0.25) is 0 Å². The Hall–Kier alpha value is -1.82. The maximum atomic E-state index is 13.8. The Balaban J connectivity index is 1.24. The van der Waals surface area contributed by atoms with Crippen molar-refractivity contribution in [3.05, 3.63) is 0 Å². The average Bonchev–Trinajstić information content (AvgIpc) is 3.34. The van der Waals surface area contributed by atoms with E-state index < -0.39 is 74.8 Å². The zero-order chi connectivity index (χ0) is 24.4. The van der Waals surface area contributed by atoms with Crippen LogP contribution in [0.1, 0.15) is 45.4 Å². The van der Waals surface area contributed by atoms with Gasteiger partial charge in [0, 0.05) is 11.8 Å². The first-order valence-corrected chi connectivity index (χ1v) is 13.2. The van der Waals surface area contributed by atoms with Gasteiger partial charge in [-0.05, 0) is 69.1 Å². The summed E-state index contributed by atoms with van der Waals surface area (Å²) in [5, 5.41) is -5.18. The Morgan fingerprint density at radius 1 is 1.06 bits per heavy atom. The lowest BCUT2D eigenvalue weighted by Crippen LogP contribution is -2.59. The Labute approximate surface area is 194 Å². The molecule has 0 radical (unpaired) electrons. The second-order valence-electron chi connectivity index (χ2n) is 11.3. The molecule has 6 atom stereocenters. The summed E-state index contributed by atoms with van der Waals surface area (Å²) in [7, 11) is -6.06. The summed E-state index contributed by atoms with van der Waals surface area (Å²) in [6, 6.07) is 0. The van der Waals surface area contributed by atoms with E-state index in [1.54, 1.807) is 0 Å². The van der Waals surface area contributed by atoms with Crippen molar-refractivity contribution in [3.8, 4) is 0 Å². The van der Waals surface area contributed by atoms with Crippen LogP contribution in [0.15, 0.2) is 0 Å². The molecule has 188 valence electrons. The summed E-state index contributed by atoms with van der Waals surface area (Å²) in [5.74, 6) is -5.16. The summed E-state index contributed by atoms with van der Waals surface area (Å²) < 4.78 is 74.4. The Morgan fingerprint density at radius 2 is 1.65 bits per heavy atom. The molecule has 0 aromatic heterocycles. The molecule has 7 aliphatic rings. The minimum Gasteiger partial charge on any atom is -0.459 e. The number of hydrogen-bond donors (Lipinski definition) is 1. The highest BCUT2D eigenvalue weighted by Crippen LogP contribution is 2.62. The quantitative estimate of drug-likeness (QED) is 0.339. The lowest BCUT2D eigenvalue weighted by Gasteiger charge is -2.59. The van der Waals surface area contributed by atoms with Gasteiger partial charge in [-0.1, -0.05) is 0 Å². The third-order valence-corrected chi connectivity index (χ3v) is 10.5. The van der Waals surface area contributed by atoms with Crippen LogP contribution in [-0.4, -0.2) is 53.9 Å². The molecule has 0 aromatic carbocycles. The summed E-state index contributed by atoms with van der Waals surface area (Å²) in [5.41, 5.74) is -0.668. The second-order valence-corrected chi connectivity index (χ2v) is 12.8. The number of alkyl halides is 2. The topological polar surface area (TPSA) is 133 Å². The number of fused-ring (bicyclic) bond motifs is 1. The van der Waals surface area contributed by atoms with E-state index in [9.17, 15) is 31.6 Å². The predicted molar refractivity (Wildman–Crippen MR) is 106 cm³/mol. The van der Waals surface area contributed by atoms with E-state index in [1.807, 2.05) is 6.92 Å². The number of carbonyl (C=O) groups excluding carboxylic acids is 3. The molecule has 6 aliphatic carbocycles. The highest BCUT2D eigenvalue weighted by atomic mass is 32.2. The van der Waals surface area contributed by atoms with Crippen molar-refractivity contribution in [2.45, 2.75) is 68.5 Å². The van der Waals surface area contributed by atoms with Crippen LogP contribution in [0.5, 0.6) is 0 Å². The zero-order valence-electron chi connectivity index (χ0n) is 18.4. The normalized spacial score (nSPS) is 48.2. The van der Waals surface area contributed by atoms with Crippen molar-refractivity contribution < 1.29 is 50.3 Å². The van der Waals surface area contributed by atoms with Crippen LogP contribution in [0.3, 0.4) is 0 Å². The van der Waals surface area contributed by atoms with E-state index in [2.05, 4.69) is 0 Å². The van der Waals surface area contributed by atoms with Gasteiger partial charge in [-0.15, -0.1) is 0 Å². The number of ether oxygens (including phenoxy) is 3. The molecule has 7 fully saturated rings. The van der Waals surface area contributed by atoms with Gasteiger partial charge in [-0.2, -0.15) is 17.2 Å². The van der Waals surface area contributed by atoms with Gasteiger partial charge in [0.25, 0.3) is 0 Å². The van der Waals surface area contributed by atoms with E-state index in [0.29, 0.717) is 11.8 Å². The van der Waals surface area contributed by atoms with Gasteiger partial charge in [0.15, 0.2) is 0 Å². The van der Waals surface area contributed by atoms with Crippen molar-refractivity contribution in [2.24, 2.45) is 47.3 Å². The van der Waals surface area contributed by atoms with Crippen molar-refractivity contribution >= 4 is 28.0 Å². The van der Waals surface area contributed by atoms with Gasteiger partial charge >= 0.3 is 33.3 Å². The third-order valence-electron chi connectivity index (χ3n) is 9.70. The molecular weight excluding hydrogens is 478 g/mol. The number of hydrogen-bond acceptors (Lipinski definition) is 8. The number of halogens is 2. The van der Waals surface area contributed by atoms with Gasteiger partial charge in [-0.3, -0.25) is 14.1 Å². The average molecular weight is 505 g/mol. The zero-order valence-corrected chi connectivity index (χ0v) is 19.2. The molecule has 0 spiro atoms. The smallest absolute Gasteiger partial charge is 0.459 e. The van der Waals surface area contributed by atoms with Gasteiger partial charge in [0.1, 0.15) is 17.8 Å². The van der Waals surface area contributed by atoms with E-state index in [0.717, 1.165) is 25.7 Å². The molecule has 0 amide bonds. The van der Waals surface area contributed by atoms with Gasteiger partial charge < -0.3 is 14.2 Å². The molecular formula is C22H26F2O9S. The highest BCUT2D eigenvalue weighted by Gasteiger charge is 2.72. The van der Waals surface area contributed by atoms with E-state index >= 15 is 0 Å². The Morgan fingerprint density at radius 3 is 2.21 bits per heavy atom. The first-order chi connectivity index (χ1) is 15.8. The van der Waals surface area contributed by atoms with Crippen molar-refractivity contribution in [3.63, 3.8) is 0 Å². The lowest BCUT2D eigenvalue weighted by atomic mass is 9.50. The largest absolute Gasteiger partial charge is 0.465 e. The van der Waals surface area contributed by atoms with Gasteiger partial charge in [-0.25, -0.2) is 4.79 Å². The Kier molecular flexibility index (Phi) is 4.59. The molecule has 9 nitrogen and oxygen atoms in total. The molecule has 1 saturated heterocycles. The molecule has 1 N–H and O–H groups in total. The molecule has 34 heavy (non-hydrogen) atoms. The first kappa shape index (κ1) is 22.6. The van der Waals surface area contributed by atoms with Crippen LogP contribution >= 0.6 is 0 Å². The maximum Gasteiger partial charge on any atom is 0.465 e. The van der Waals surface area contributed by atoms with Crippen LogP contribution in [0.25, 0.3) is 0 Å².